The third-order valence-electron chi connectivity index (χ3n) is 6.06. The molecule has 1 fully saturated rings. The minimum atomic E-state index is -0.828. The first-order valence-electron chi connectivity index (χ1n) is 10.9. The van der Waals surface area contributed by atoms with Crippen LogP contribution in [0.5, 0.6) is 5.75 Å². The maximum absolute atomic E-state index is 14.7. The summed E-state index contributed by atoms with van der Waals surface area (Å²) >= 11 is 0. The zero-order valence-electron chi connectivity index (χ0n) is 17.5. The molecule has 0 unspecified atom stereocenters. The number of esters is 1. The fourth-order valence-corrected chi connectivity index (χ4v) is 4.34. The van der Waals surface area contributed by atoms with E-state index in [1.165, 1.54) is 44.6 Å². The Balaban J connectivity index is 1.55. The van der Waals surface area contributed by atoms with Crippen molar-refractivity contribution in [1.29, 1.82) is 0 Å². The van der Waals surface area contributed by atoms with Crippen LogP contribution < -0.4 is 10.4 Å². The molecule has 5 heteroatoms. The van der Waals surface area contributed by atoms with Gasteiger partial charge in [-0.15, -0.1) is 0 Å². The minimum Gasteiger partial charge on any atom is -0.428 e. The van der Waals surface area contributed by atoms with Crippen molar-refractivity contribution in [2.45, 2.75) is 78.1 Å². The number of hydrogen-bond acceptors (Lipinski definition) is 4. The molecule has 0 amide bonds. The average molecular weight is 403 g/mol. The van der Waals surface area contributed by atoms with E-state index >= 15 is 0 Å². The van der Waals surface area contributed by atoms with Gasteiger partial charge in [-0.25, -0.2) is 9.18 Å². The second kappa shape index (κ2) is 10.0. The second-order valence-corrected chi connectivity index (χ2v) is 8.33. The summed E-state index contributed by atoms with van der Waals surface area (Å²) in [6.07, 6.45) is 11.3. The van der Waals surface area contributed by atoms with Gasteiger partial charge in [0.15, 0.2) is 11.6 Å². The summed E-state index contributed by atoms with van der Waals surface area (Å²) < 4.78 is 25.1. The van der Waals surface area contributed by atoms with Crippen LogP contribution in [0.4, 0.5) is 4.39 Å². The molecular weight excluding hydrogens is 371 g/mol. The van der Waals surface area contributed by atoms with Gasteiger partial charge in [-0.1, -0.05) is 51.5 Å². The van der Waals surface area contributed by atoms with Crippen LogP contribution in [0.2, 0.25) is 0 Å². The molecular formula is C24H31FO4. The van der Waals surface area contributed by atoms with E-state index in [0.717, 1.165) is 25.7 Å². The average Bonchev–Trinajstić information content (AvgIpc) is 2.70. The van der Waals surface area contributed by atoms with Crippen molar-refractivity contribution < 1.29 is 18.3 Å². The van der Waals surface area contributed by atoms with Crippen molar-refractivity contribution in [1.82, 2.24) is 0 Å². The number of carbonyl (C=O) groups is 1. The zero-order chi connectivity index (χ0) is 20.8. The monoisotopic (exact) mass is 402 g/mol. The Morgan fingerprint density at radius 3 is 2.59 bits per heavy atom. The Morgan fingerprint density at radius 1 is 1.14 bits per heavy atom. The number of halogens is 1. The van der Waals surface area contributed by atoms with Gasteiger partial charge in [0.2, 0.25) is 0 Å². The van der Waals surface area contributed by atoms with Crippen LogP contribution in [0.1, 0.15) is 76.9 Å². The minimum absolute atomic E-state index is 0.173. The number of rotatable bonds is 8. The van der Waals surface area contributed by atoms with Crippen LogP contribution in [-0.2, 0) is 4.79 Å². The molecule has 0 aliphatic heterocycles. The number of aryl methyl sites for hydroxylation is 1. The molecule has 0 atom stereocenters. The van der Waals surface area contributed by atoms with Gasteiger partial charge in [-0.2, -0.15) is 0 Å². The third-order valence-corrected chi connectivity index (χ3v) is 6.06. The molecule has 0 saturated heterocycles. The quantitative estimate of drug-likeness (QED) is 0.295. The van der Waals surface area contributed by atoms with E-state index < -0.39 is 17.4 Å². The molecule has 0 spiro atoms. The lowest BCUT2D eigenvalue weighted by molar-refractivity contribution is -0.140. The van der Waals surface area contributed by atoms with E-state index in [0.29, 0.717) is 17.1 Å². The number of carbonyl (C=O) groups excluding carboxylic acids is 1. The van der Waals surface area contributed by atoms with Crippen molar-refractivity contribution in [3.63, 3.8) is 0 Å². The molecule has 1 heterocycles. The summed E-state index contributed by atoms with van der Waals surface area (Å²) in [7, 11) is 0. The number of hydrogen-bond donors (Lipinski definition) is 0. The Bertz CT molecular complexity index is 894. The predicted molar refractivity (Wildman–Crippen MR) is 112 cm³/mol. The Labute approximate surface area is 171 Å². The summed E-state index contributed by atoms with van der Waals surface area (Å²) in [5.74, 6) is -0.529. The van der Waals surface area contributed by atoms with Gasteiger partial charge in [-0.05, 0) is 56.0 Å². The van der Waals surface area contributed by atoms with Crippen molar-refractivity contribution in [3.05, 3.63) is 40.2 Å². The molecule has 1 aromatic carbocycles. The van der Waals surface area contributed by atoms with Crippen molar-refractivity contribution in [3.8, 4) is 5.75 Å². The zero-order valence-corrected chi connectivity index (χ0v) is 17.5. The highest BCUT2D eigenvalue weighted by atomic mass is 19.1. The van der Waals surface area contributed by atoms with Crippen LogP contribution in [0.25, 0.3) is 10.8 Å². The second-order valence-electron chi connectivity index (χ2n) is 8.33. The van der Waals surface area contributed by atoms with Gasteiger partial charge in [-0.3, -0.25) is 4.79 Å². The summed E-state index contributed by atoms with van der Waals surface area (Å²) in [6.45, 7) is 3.86. The number of benzene rings is 1. The van der Waals surface area contributed by atoms with Crippen LogP contribution in [0.3, 0.4) is 0 Å². The molecule has 1 aliphatic carbocycles. The van der Waals surface area contributed by atoms with E-state index in [2.05, 4.69) is 6.92 Å². The maximum atomic E-state index is 14.7. The van der Waals surface area contributed by atoms with Gasteiger partial charge in [0.25, 0.3) is 0 Å². The molecule has 0 radical (unpaired) electrons. The highest BCUT2D eigenvalue weighted by molar-refractivity contribution is 5.85. The van der Waals surface area contributed by atoms with E-state index in [1.54, 1.807) is 19.1 Å². The third kappa shape index (κ3) is 5.46. The van der Waals surface area contributed by atoms with E-state index in [9.17, 15) is 14.0 Å². The number of fused-ring (bicyclic) bond motifs is 1. The van der Waals surface area contributed by atoms with Crippen LogP contribution in [0, 0.1) is 24.6 Å². The SMILES string of the molecule is CCCCCCCC1CCC(C(=O)Oc2ccc3cc(C)oc(=O)c3c2F)CC1. The molecule has 2 aromatic rings. The van der Waals surface area contributed by atoms with Crippen molar-refractivity contribution >= 4 is 16.7 Å². The first kappa shape index (κ1) is 21.5. The summed E-state index contributed by atoms with van der Waals surface area (Å²) in [4.78, 5) is 24.5. The highest BCUT2D eigenvalue weighted by Gasteiger charge is 2.28. The fourth-order valence-electron chi connectivity index (χ4n) is 4.34. The molecule has 0 bridgehead atoms. The van der Waals surface area contributed by atoms with Crippen molar-refractivity contribution in [2.24, 2.45) is 11.8 Å². The largest absolute Gasteiger partial charge is 0.428 e. The Kier molecular flexibility index (Phi) is 7.45. The van der Waals surface area contributed by atoms with Gasteiger partial charge < -0.3 is 9.15 Å². The fraction of sp³-hybridized carbons (Fsp3) is 0.583. The lowest BCUT2D eigenvalue weighted by atomic mass is 9.80. The summed E-state index contributed by atoms with van der Waals surface area (Å²) in [6, 6.07) is 4.59. The van der Waals surface area contributed by atoms with E-state index in [4.69, 9.17) is 9.15 Å². The van der Waals surface area contributed by atoms with E-state index in [-0.39, 0.29) is 17.1 Å². The summed E-state index contributed by atoms with van der Waals surface area (Å²) in [5.41, 5.74) is -0.755. The Hall–Kier alpha value is -2.17. The van der Waals surface area contributed by atoms with Gasteiger partial charge >= 0.3 is 11.6 Å². The van der Waals surface area contributed by atoms with Gasteiger partial charge in [0, 0.05) is 0 Å². The van der Waals surface area contributed by atoms with Crippen LogP contribution >= 0.6 is 0 Å². The molecule has 1 aliphatic rings. The van der Waals surface area contributed by atoms with Crippen molar-refractivity contribution in [2.75, 3.05) is 0 Å². The normalized spacial score (nSPS) is 19.4. The lowest BCUT2D eigenvalue weighted by Crippen LogP contribution is -2.26. The number of unbranched alkanes of at least 4 members (excludes halogenated alkanes) is 4. The van der Waals surface area contributed by atoms with Crippen LogP contribution in [-0.4, -0.2) is 5.97 Å². The molecule has 4 nitrogen and oxygen atoms in total. The predicted octanol–water partition coefficient (Wildman–Crippen LogP) is 6.31. The van der Waals surface area contributed by atoms with Gasteiger partial charge in [0.1, 0.15) is 11.1 Å². The first-order valence-corrected chi connectivity index (χ1v) is 10.9. The molecule has 1 aromatic heterocycles. The Morgan fingerprint density at radius 2 is 1.86 bits per heavy atom. The first-order chi connectivity index (χ1) is 14.0. The summed E-state index contributed by atoms with van der Waals surface area (Å²) in [5, 5.41) is 0.267. The molecule has 29 heavy (non-hydrogen) atoms. The molecule has 158 valence electrons. The molecule has 1 saturated carbocycles. The number of ether oxygens (including phenoxy) is 1. The maximum Gasteiger partial charge on any atom is 0.346 e. The molecule has 3 rings (SSSR count). The topological polar surface area (TPSA) is 56.5 Å². The molecule has 0 N–H and O–H groups in total. The van der Waals surface area contributed by atoms with Crippen LogP contribution in [0.15, 0.2) is 27.4 Å². The standard InChI is InChI=1S/C24H31FO4/c1-3-4-5-6-7-8-17-9-11-18(12-10-17)23(26)29-20-14-13-19-15-16(2)28-24(27)21(19)22(20)25/h13-15,17-18H,3-12H2,1-2H3. The highest BCUT2D eigenvalue weighted by Crippen LogP contribution is 2.34. The smallest absolute Gasteiger partial charge is 0.346 e. The van der Waals surface area contributed by atoms with E-state index in [1.807, 2.05) is 0 Å². The van der Waals surface area contributed by atoms with Gasteiger partial charge in [0.05, 0.1) is 5.92 Å². The lowest BCUT2D eigenvalue weighted by Gasteiger charge is -2.27.